The van der Waals surface area contributed by atoms with Crippen molar-refractivity contribution in [1.82, 2.24) is 0 Å². The van der Waals surface area contributed by atoms with E-state index in [0.29, 0.717) is 11.3 Å². The number of carbonyl (C=O) groups excluding carboxylic acids is 1. The Morgan fingerprint density at radius 3 is 2.54 bits per heavy atom. The molecule has 0 radical (unpaired) electrons. The van der Waals surface area contributed by atoms with Crippen molar-refractivity contribution < 1.29 is 14.5 Å². The molecule has 4 unspecified atom stereocenters. The normalized spacial score (nSPS) is 24.9. The van der Waals surface area contributed by atoms with E-state index in [-0.39, 0.29) is 29.3 Å². The number of ketones is 1. The van der Waals surface area contributed by atoms with Gasteiger partial charge >= 0.3 is 0 Å². The molecule has 2 aromatic carbocycles. The van der Waals surface area contributed by atoms with Crippen LogP contribution < -0.4 is 4.74 Å². The summed E-state index contributed by atoms with van der Waals surface area (Å²) in [6.07, 6.45) is 6.61. The second kappa shape index (κ2) is 7.97. The number of hydrogen-bond donors (Lipinski definition) is 0. The highest BCUT2D eigenvalue weighted by Gasteiger charge is 2.47. The van der Waals surface area contributed by atoms with Crippen molar-refractivity contribution >= 4 is 5.78 Å². The molecule has 4 atom stereocenters. The molecule has 0 saturated carbocycles. The highest BCUT2D eigenvalue weighted by Crippen LogP contribution is 2.43. The van der Waals surface area contributed by atoms with E-state index in [1.807, 2.05) is 48.5 Å². The topological polar surface area (TPSA) is 69.4 Å². The maximum Gasteiger partial charge on any atom is 0.211 e. The fourth-order valence-corrected chi connectivity index (χ4v) is 4.53. The van der Waals surface area contributed by atoms with Crippen LogP contribution in [0.1, 0.15) is 41.1 Å². The number of nitro groups is 1. The number of carbonyl (C=O) groups is 1. The van der Waals surface area contributed by atoms with E-state index < -0.39 is 11.8 Å². The molecule has 0 bridgehead atoms. The monoisotopic (exact) mass is 377 g/mol. The zero-order valence-electron chi connectivity index (χ0n) is 15.6. The third-order valence-corrected chi connectivity index (χ3v) is 5.85. The molecule has 0 N–H and O–H groups in total. The van der Waals surface area contributed by atoms with Crippen LogP contribution in [0.25, 0.3) is 0 Å². The lowest BCUT2D eigenvalue weighted by Gasteiger charge is -2.40. The SMILES string of the molecule is O=C1c2ccccc2OC(C2CC=CCC2)C1C(C[N+](=O)[O-])c1ccccc1. The molecule has 144 valence electrons. The van der Waals surface area contributed by atoms with E-state index >= 15 is 0 Å². The van der Waals surface area contributed by atoms with Crippen LogP contribution in [0, 0.1) is 22.0 Å². The molecule has 0 spiro atoms. The molecule has 1 heterocycles. The summed E-state index contributed by atoms with van der Waals surface area (Å²) in [4.78, 5) is 24.7. The number of allylic oxidation sites excluding steroid dienone is 2. The Hall–Kier alpha value is -2.95. The Morgan fingerprint density at radius 1 is 1.07 bits per heavy atom. The van der Waals surface area contributed by atoms with E-state index in [4.69, 9.17) is 4.74 Å². The summed E-state index contributed by atoms with van der Waals surface area (Å²) < 4.78 is 6.36. The number of fused-ring (bicyclic) bond motifs is 1. The van der Waals surface area contributed by atoms with E-state index in [0.717, 1.165) is 24.8 Å². The number of para-hydroxylation sites is 1. The minimum atomic E-state index is -0.570. The number of Topliss-reactive ketones (excluding diaryl/α,β-unsaturated/α-hetero) is 1. The van der Waals surface area contributed by atoms with Gasteiger partial charge in [-0.05, 0) is 37.0 Å². The lowest BCUT2D eigenvalue weighted by molar-refractivity contribution is -0.484. The molecule has 5 nitrogen and oxygen atoms in total. The molecule has 1 aliphatic heterocycles. The first-order valence-electron chi connectivity index (χ1n) is 9.77. The molecule has 2 aromatic rings. The molecule has 0 fully saturated rings. The molecule has 0 amide bonds. The van der Waals surface area contributed by atoms with Gasteiger partial charge < -0.3 is 4.74 Å². The van der Waals surface area contributed by atoms with Crippen molar-refractivity contribution in [2.45, 2.75) is 31.3 Å². The first-order valence-corrected chi connectivity index (χ1v) is 9.77. The molecular weight excluding hydrogens is 354 g/mol. The van der Waals surface area contributed by atoms with E-state index in [1.165, 1.54) is 0 Å². The molecule has 0 saturated heterocycles. The quantitative estimate of drug-likeness (QED) is 0.432. The average molecular weight is 377 g/mol. The first-order chi connectivity index (χ1) is 13.6. The van der Waals surface area contributed by atoms with Crippen LogP contribution in [0.4, 0.5) is 0 Å². The van der Waals surface area contributed by atoms with Gasteiger partial charge in [-0.1, -0.05) is 54.6 Å². The van der Waals surface area contributed by atoms with Crippen LogP contribution in [0.3, 0.4) is 0 Å². The van der Waals surface area contributed by atoms with Crippen molar-refractivity contribution in [3.05, 3.63) is 88.0 Å². The van der Waals surface area contributed by atoms with Crippen LogP contribution in [0.15, 0.2) is 66.7 Å². The van der Waals surface area contributed by atoms with Crippen LogP contribution in [-0.2, 0) is 0 Å². The zero-order valence-corrected chi connectivity index (χ0v) is 15.6. The van der Waals surface area contributed by atoms with Gasteiger partial charge in [-0.15, -0.1) is 0 Å². The largest absolute Gasteiger partial charge is 0.489 e. The third-order valence-electron chi connectivity index (χ3n) is 5.85. The fourth-order valence-electron chi connectivity index (χ4n) is 4.53. The highest BCUT2D eigenvalue weighted by molar-refractivity contribution is 6.02. The van der Waals surface area contributed by atoms with Gasteiger partial charge in [0.2, 0.25) is 6.54 Å². The lowest BCUT2D eigenvalue weighted by Crippen LogP contribution is -2.47. The molecule has 2 aliphatic rings. The second-order valence-electron chi connectivity index (χ2n) is 7.55. The Balaban J connectivity index is 1.79. The minimum absolute atomic E-state index is 0.0443. The van der Waals surface area contributed by atoms with Gasteiger partial charge in [-0.25, -0.2) is 0 Å². The summed E-state index contributed by atoms with van der Waals surface area (Å²) in [5.41, 5.74) is 1.34. The number of rotatable bonds is 5. The van der Waals surface area contributed by atoms with Gasteiger partial charge in [0, 0.05) is 10.8 Å². The van der Waals surface area contributed by atoms with Gasteiger partial charge in [0.15, 0.2) is 5.78 Å². The Morgan fingerprint density at radius 2 is 1.82 bits per heavy atom. The van der Waals surface area contributed by atoms with Gasteiger partial charge in [0.25, 0.3) is 0 Å². The number of benzene rings is 2. The summed E-state index contributed by atoms with van der Waals surface area (Å²) in [5.74, 6) is -0.370. The summed E-state index contributed by atoms with van der Waals surface area (Å²) in [7, 11) is 0. The van der Waals surface area contributed by atoms with Crippen molar-refractivity contribution in [3.63, 3.8) is 0 Å². The van der Waals surface area contributed by atoms with Crippen LogP contribution >= 0.6 is 0 Å². The predicted octanol–water partition coefficient (Wildman–Crippen LogP) is 4.66. The number of nitrogens with zero attached hydrogens (tertiary/aromatic N) is 1. The standard InChI is InChI=1S/C23H23NO4/c25-22-18-13-7-8-14-20(18)28-23(17-11-5-2-6-12-17)21(22)19(15-24(26)27)16-9-3-1-4-10-16/h1-5,7-10,13-14,17,19,21,23H,6,11-12,15H2. The molecule has 28 heavy (non-hydrogen) atoms. The van der Waals surface area contributed by atoms with E-state index in [2.05, 4.69) is 12.2 Å². The summed E-state index contributed by atoms with van der Waals surface area (Å²) >= 11 is 0. The van der Waals surface area contributed by atoms with Gasteiger partial charge in [-0.3, -0.25) is 14.9 Å². The minimum Gasteiger partial charge on any atom is -0.489 e. The van der Waals surface area contributed by atoms with Gasteiger partial charge in [0.05, 0.1) is 17.4 Å². The molecule has 0 aromatic heterocycles. The van der Waals surface area contributed by atoms with Crippen molar-refractivity contribution in [2.75, 3.05) is 6.54 Å². The van der Waals surface area contributed by atoms with Gasteiger partial charge in [-0.2, -0.15) is 0 Å². The summed E-state index contributed by atoms with van der Waals surface area (Å²) in [6.45, 7) is -0.287. The third kappa shape index (κ3) is 3.57. The summed E-state index contributed by atoms with van der Waals surface area (Å²) in [6, 6.07) is 16.6. The molecule has 1 aliphatic carbocycles. The number of ether oxygens (including phenoxy) is 1. The molecular formula is C23H23NO4. The number of hydrogen-bond acceptors (Lipinski definition) is 4. The maximum atomic E-state index is 13.5. The lowest BCUT2D eigenvalue weighted by atomic mass is 9.71. The van der Waals surface area contributed by atoms with Gasteiger partial charge in [0.1, 0.15) is 11.9 Å². The second-order valence-corrected chi connectivity index (χ2v) is 7.55. The van der Waals surface area contributed by atoms with Crippen molar-refractivity contribution in [1.29, 1.82) is 0 Å². The van der Waals surface area contributed by atoms with Crippen molar-refractivity contribution in [3.8, 4) is 5.75 Å². The molecule has 5 heteroatoms. The Labute approximate surface area is 164 Å². The van der Waals surface area contributed by atoms with Crippen molar-refractivity contribution in [2.24, 2.45) is 11.8 Å². The average Bonchev–Trinajstić information content (AvgIpc) is 2.73. The zero-order chi connectivity index (χ0) is 19.5. The Kier molecular flexibility index (Phi) is 5.24. The predicted molar refractivity (Wildman–Crippen MR) is 106 cm³/mol. The van der Waals surface area contributed by atoms with Crippen LogP contribution in [0.5, 0.6) is 5.75 Å². The van der Waals surface area contributed by atoms with E-state index in [9.17, 15) is 14.9 Å². The smallest absolute Gasteiger partial charge is 0.211 e. The fraction of sp³-hybridized carbons (Fsp3) is 0.348. The Bertz CT molecular complexity index is 892. The maximum absolute atomic E-state index is 13.5. The summed E-state index contributed by atoms with van der Waals surface area (Å²) in [5, 5.41) is 11.5. The van der Waals surface area contributed by atoms with E-state index in [1.54, 1.807) is 6.07 Å². The van der Waals surface area contributed by atoms with Crippen LogP contribution in [0.2, 0.25) is 0 Å². The molecule has 4 rings (SSSR count). The highest BCUT2D eigenvalue weighted by atomic mass is 16.6. The van der Waals surface area contributed by atoms with Crippen LogP contribution in [-0.4, -0.2) is 23.4 Å². The first kappa shape index (κ1) is 18.4.